The lowest BCUT2D eigenvalue weighted by Gasteiger charge is -2.15. The van der Waals surface area contributed by atoms with Crippen LogP contribution in [0.2, 0.25) is 0 Å². The molecule has 0 aliphatic carbocycles. The van der Waals surface area contributed by atoms with Crippen LogP contribution in [-0.4, -0.2) is 44.7 Å². The number of amides is 1. The van der Waals surface area contributed by atoms with Crippen LogP contribution in [0.5, 0.6) is 0 Å². The van der Waals surface area contributed by atoms with Crippen LogP contribution in [0.25, 0.3) is 0 Å². The number of likely N-dealkylation sites (tertiary alicyclic amines) is 1. The second-order valence-electron chi connectivity index (χ2n) is 4.76. The van der Waals surface area contributed by atoms with Gasteiger partial charge in [0.2, 0.25) is 5.91 Å². The van der Waals surface area contributed by atoms with Gasteiger partial charge in [0.25, 0.3) is 0 Å². The molecule has 1 aliphatic rings. The molecule has 100 valence electrons. The van der Waals surface area contributed by atoms with Crippen LogP contribution in [0.4, 0.5) is 0 Å². The van der Waals surface area contributed by atoms with E-state index in [-0.39, 0.29) is 17.7 Å². The number of hydrogen-bond donors (Lipinski definition) is 1. The van der Waals surface area contributed by atoms with Gasteiger partial charge in [0, 0.05) is 45.3 Å². The summed E-state index contributed by atoms with van der Waals surface area (Å²) in [5.74, 6) is 0.385. The van der Waals surface area contributed by atoms with Crippen molar-refractivity contribution < 1.29 is 13.9 Å². The van der Waals surface area contributed by atoms with Gasteiger partial charge in [-0.15, -0.1) is 0 Å². The number of furan rings is 1. The number of hydrogen-bond acceptors (Lipinski definition) is 4. The van der Waals surface area contributed by atoms with E-state index in [0.717, 1.165) is 25.2 Å². The standard InChI is InChI=1S/C13H20N2O3/c1-14-13(16)12-7-15(6-11(12)9-17-2)5-10-3-4-18-8-10/h3-4,8,11-12H,5-7,9H2,1-2H3,(H,14,16)/t11-,12+/m0/s1. The van der Waals surface area contributed by atoms with Gasteiger partial charge in [-0.05, 0) is 6.07 Å². The molecular weight excluding hydrogens is 232 g/mol. The van der Waals surface area contributed by atoms with Crippen molar-refractivity contribution in [2.75, 3.05) is 33.9 Å². The van der Waals surface area contributed by atoms with Crippen molar-refractivity contribution >= 4 is 5.91 Å². The number of nitrogens with one attached hydrogen (secondary N) is 1. The lowest BCUT2D eigenvalue weighted by Crippen LogP contribution is -2.34. The highest BCUT2D eigenvalue weighted by Gasteiger charge is 2.36. The van der Waals surface area contributed by atoms with Gasteiger partial charge in [-0.2, -0.15) is 0 Å². The summed E-state index contributed by atoms with van der Waals surface area (Å²) in [6.07, 6.45) is 3.42. The fourth-order valence-corrected chi connectivity index (χ4v) is 2.60. The van der Waals surface area contributed by atoms with Crippen molar-refractivity contribution in [2.24, 2.45) is 11.8 Å². The second kappa shape index (κ2) is 6.02. The van der Waals surface area contributed by atoms with Gasteiger partial charge in [0.1, 0.15) is 0 Å². The molecule has 1 N–H and O–H groups in total. The molecule has 2 rings (SSSR count). The highest BCUT2D eigenvalue weighted by atomic mass is 16.5. The van der Waals surface area contributed by atoms with Gasteiger partial charge < -0.3 is 14.5 Å². The zero-order valence-corrected chi connectivity index (χ0v) is 10.9. The van der Waals surface area contributed by atoms with E-state index in [1.54, 1.807) is 26.7 Å². The molecule has 1 saturated heterocycles. The Morgan fingerprint density at radius 1 is 1.61 bits per heavy atom. The molecule has 0 radical (unpaired) electrons. The first-order valence-corrected chi connectivity index (χ1v) is 6.18. The Morgan fingerprint density at radius 2 is 2.44 bits per heavy atom. The van der Waals surface area contributed by atoms with E-state index in [4.69, 9.17) is 9.15 Å². The number of rotatable bonds is 5. The molecule has 1 aromatic heterocycles. The smallest absolute Gasteiger partial charge is 0.224 e. The van der Waals surface area contributed by atoms with E-state index >= 15 is 0 Å². The Balaban J connectivity index is 1.97. The first kappa shape index (κ1) is 13.1. The number of carbonyl (C=O) groups is 1. The van der Waals surface area contributed by atoms with Gasteiger partial charge in [-0.25, -0.2) is 0 Å². The molecule has 1 amide bonds. The topological polar surface area (TPSA) is 54.7 Å². The molecule has 2 atom stereocenters. The van der Waals surface area contributed by atoms with Gasteiger partial charge in [0.05, 0.1) is 25.1 Å². The van der Waals surface area contributed by atoms with Crippen LogP contribution in [0, 0.1) is 11.8 Å². The predicted molar refractivity (Wildman–Crippen MR) is 66.9 cm³/mol. The zero-order chi connectivity index (χ0) is 13.0. The van der Waals surface area contributed by atoms with Crippen LogP contribution in [-0.2, 0) is 16.1 Å². The maximum Gasteiger partial charge on any atom is 0.224 e. The van der Waals surface area contributed by atoms with E-state index in [9.17, 15) is 4.79 Å². The average Bonchev–Trinajstić information content (AvgIpc) is 2.99. The highest BCUT2D eigenvalue weighted by molar-refractivity contribution is 5.79. The van der Waals surface area contributed by atoms with Gasteiger partial charge in [-0.3, -0.25) is 9.69 Å². The predicted octanol–water partition coefficient (Wildman–Crippen LogP) is 0.720. The molecule has 1 fully saturated rings. The summed E-state index contributed by atoms with van der Waals surface area (Å²) < 4.78 is 10.3. The quantitative estimate of drug-likeness (QED) is 0.839. The number of nitrogens with zero attached hydrogens (tertiary/aromatic N) is 1. The fourth-order valence-electron chi connectivity index (χ4n) is 2.60. The maximum absolute atomic E-state index is 11.8. The molecule has 0 unspecified atom stereocenters. The Bertz CT molecular complexity index is 378. The third-order valence-electron chi connectivity index (χ3n) is 3.47. The van der Waals surface area contributed by atoms with Gasteiger partial charge in [0.15, 0.2) is 0 Å². The summed E-state index contributed by atoms with van der Waals surface area (Å²) >= 11 is 0. The Kier molecular flexibility index (Phi) is 4.38. The van der Waals surface area contributed by atoms with Crippen LogP contribution in [0.3, 0.4) is 0 Å². The molecule has 5 nitrogen and oxygen atoms in total. The number of methoxy groups -OCH3 is 1. The minimum absolute atomic E-state index is 0.0156. The van der Waals surface area contributed by atoms with E-state index in [0.29, 0.717) is 6.61 Å². The molecule has 0 spiro atoms. The molecule has 1 aliphatic heterocycles. The molecule has 5 heteroatoms. The number of ether oxygens (including phenoxy) is 1. The van der Waals surface area contributed by atoms with Crippen molar-refractivity contribution in [3.05, 3.63) is 24.2 Å². The van der Waals surface area contributed by atoms with Crippen LogP contribution in [0.15, 0.2) is 23.0 Å². The van der Waals surface area contributed by atoms with Crippen molar-refractivity contribution in [1.82, 2.24) is 10.2 Å². The summed E-state index contributed by atoms with van der Waals surface area (Å²) in [5, 5.41) is 2.74. The van der Waals surface area contributed by atoms with E-state index in [2.05, 4.69) is 10.2 Å². The Morgan fingerprint density at radius 3 is 3.06 bits per heavy atom. The molecule has 0 saturated carbocycles. The van der Waals surface area contributed by atoms with E-state index < -0.39 is 0 Å². The van der Waals surface area contributed by atoms with Crippen molar-refractivity contribution in [2.45, 2.75) is 6.54 Å². The summed E-state index contributed by atoms with van der Waals surface area (Å²) in [7, 11) is 3.37. The fraction of sp³-hybridized carbons (Fsp3) is 0.615. The largest absolute Gasteiger partial charge is 0.472 e. The molecule has 18 heavy (non-hydrogen) atoms. The lowest BCUT2D eigenvalue weighted by atomic mass is 9.96. The summed E-state index contributed by atoms with van der Waals surface area (Å²) in [5.41, 5.74) is 1.14. The minimum atomic E-state index is 0.0156. The zero-order valence-electron chi connectivity index (χ0n) is 10.9. The van der Waals surface area contributed by atoms with Gasteiger partial charge >= 0.3 is 0 Å². The second-order valence-corrected chi connectivity index (χ2v) is 4.76. The molecule has 0 aromatic carbocycles. The molecule has 0 bridgehead atoms. The molecule has 1 aromatic rings. The first-order chi connectivity index (χ1) is 8.74. The van der Waals surface area contributed by atoms with Crippen molar-refractivity contribution in [3.63, 3.8) is 0 Å². The molecule has 2 heterocycles. The van der Waals surface area contributed by atoms with Crippen LogP contribution < -0.4 is 5.32 Å². The summed E-state index contributed by atoms with van der Waals surface area (Å²) in [4.78, 5) is 14.1. The van der Waals surface area contributed by atoms with Crippen LogP contribution >= 0.6 is 0 Å². The SMILES string of the molecule is CNC(=O)[C@@H]1CN(Cc2ccoc2)C[C@H]1COC. The van der Waals surface area contributed by atoms with Crippen LogP contribution in [0.1, 0.15) is 5.56 Å². The van der Waals surface area contributed by atoms with E-state index in [1.807, 2.05) is 6.07 Å². The lowest BCUT2D eigenvalue weighted by molar-refractivity contribution is -0.125. The molecular formula is C13H20N2O3. The van der Waals surface area contributed by atoms with Crippen molar-refractivity contribution in [1.29, 1.82) is 0 Å². The van der Waals surface area contributed by atoms with Gasteiger partial charge in [-0.1, -0.05) is 0 Å². The summed E-state index contributed by atoms with van der Waals surface area (Å²) in [6, 6.07) is 1.96. The monoisotopic (exact) mass is 252 g/mol. The highest BCUT2D eigenvalue weighted by Crippen LogP contribution is 2.25. The summed E-state index contributed by atoms with van der Waals surface area (Å²) in [6.45, 7) is 3.11. The maximum atomic E-state index is 11.8. The Hall–Kier alpha value is -1.33. The minimum Gasteiger partial charge on any atom is -0.472 e. The number of carbonyl (C=O) groups excluding carboxylic acids is 1. The normalized spacial score (nSPS) is 24.3. The Labute approximate surface area is 107 Å². The third-order valence-corrected chi connectivity index (χ3v) is 3.47. The van der Waals surface area contributed by atoms with E-state index in [1.165, 1.54) is 0 Å². The first-order valence-electron chi connectivity index (χ1n) is 6.18. The average molecular weight is 252 g/mol. The third kappa shape index (κ3) is 2.91. The van der Waals surface area contributed by atoms with Crippen molar-refractivity contribution in [3.8, 4) is 0 Å².